The van der Waals surface area contributed by atoms with E-state index >= 15 is 0 Å². The largest absolute Gasteiger partial charge is 0.462 e. The molecule has 8 heteroatoms. The highest BCUT2D eigenvalue weighted by molar-refractivity contribution is 7.89. The fourth-order valence-electron chi connectivity index (χ4n) is 1.21. The lowest BCUT2D eigenvalue weighted by atomic mass is 10.2. The average molecular weight is 312 g/mol. The van der Waals surface area contributed by atoms with Crippen LogP contribution in [0.25, 0.3) is 0 Å². The summed E-state index contributed by atoms with van der Waals surface area (Å²) in [6.07, 6.45) is 0.621. The Morgan fingerprint density at radius 3 is 2.50 bits per heavy atom. The van der Waals surface area contributed by atoms with E-state index in [4.69, 9.17) is 33.1 Å². The summed E-state index contributed by atoms with van der Waals surface area (Å²) in [5.41, 5.74) is -0.196. The molecule has 18 heavy (non-hydrogen) atoms. The second-order valence-electron chi connectivity index (χ2n) is 3.42. The van der Waals surface area contributed by atoms with Crippen LogP contribution in [0.4, 0.5) is 0 Å². The van der Waals surface area contributed by atoms with E-state index in [2.05, 4.69) is 0 Å². The van der Waals surface area contributed by atoms with Crippen LogP contribution in [0.5, 0.6) is 0 Å². The van der Waals surface area contributed by atoms with Crippen molar-refractivity contribution in [1.82, 2.24) is 0 Å². The molecule has 0 unspecified atom stereocenters. The fraction of sp³-hybridized carbons (Fsp3) is 0.300. The molecule has 1 rings (SSSR count). The predicted octanol–water partition coefficient (Wildman–Crippen LogP) is 2.21. The molecule has 0 bridgehead atoms. The molecule has 2 N–H and O–H groups in total. The van der Waals surface area contributed by atoms with Gasteiger partial charge in [0.25, 0.3) is 0 Å². The van der Waals surface area contributed by atoms with Crippen LogP contribution in [0.1, 0.15) is 23.7 Å². The number of esters is 1. The normalized spacial score (nSPS) is 11.3. The van der Waals surface area contributed by atoms with Gasteiger partial charge < -0.3 is 4.74 Å². The second-order valence-corrected chi connectivity index (χ2v) is 5.73. The van der Waals surface area contributed by atoms with Gasteiger partial charge in [-0.05, 0) is 18.6 Å². The topological polar surface area (TPSA) is 86.5 Å². The van der Waals surface area contributed by atoms with Gasteiger partial charge in [0.05, 0.1) is 22.2 Å². The number of benzene rings is 1. The highest BCUT2D eigenvalue weighted by Gasteiger charge is 2.23. The zero-order chi connectivity index (χ0) is 13.9. The molecule has 0 amide bonds. The number of nitrogens with two attached hydrogens (primary N) is 1. The molecule has 0 fully saturated rings. The van der Waals surface area contributed by atoms with Crippen molar-refractivity contribution in [3.8, 4) is 0 Å². The van der Waals surface area contributed by atoms with Crippen LogP contribution in [0, 0.1) is 0 Å². The van der Waals surface area contributed by atoms with Gasteiger partial charge in [0.2, 0.25) is 10.0 Å². The van der Waals surface area contributed by atoms with Gasteiger partial charge in [0.15, 0.2) is 0 Å². The van der Waals surface area contributed by atoms with Crippen molar-refractivity contribution in [3.05, 3.63) is 27.7 Å². The molecule has 0 atom stereocenters. The third-order valence-corrected chi connectivity index (χ3v) is 3.78. The first-order valence-corrected chi connectivity index (χ1v) is 7.27. The lowest BCUT2D eigenvalue weighted by molar-refractivity contribution is 0.0505. The standard InChI is InChI=1S/C10H11Cl2NO4S/c1-2-5-17-10(14)8-6(11)3-4-7(9(8)12)18(13,15)16/h3-4H,2,5H2,1H3,(H2,13,15,16). The SMILES string of the molecule is CCCOC(=O)c1c(Cl)ccc(S(N)(=O)=O)c1Cl. The van der Waals surface area contributed by atoms with Gasteiger partial charge in [-0.3, -0.25) is 0 Å². The quantitative estimate of drug-likeness (QED) is 0.864. The zero-order valence-corrected chi connectivity index (χ0v) is 11.8. The molecule has 5 nitrogen and oxygen atoms in total. The maximum absolute atomic E-state index is 11.7. The number of sulfonamides is 1. The maximum Gasteiger partial charge on any atom is 0.341 e. The molecule has 0 aliphatic carbocycles. The summed E-state index contributed by atoms with van der Waals surface area (Å²) in [5.74, 6) is -0.780. The van der Waals surface area contributed by atoms with E-state index in [1.807, 2.05) is 6.92 Å². The average Bonchev–Trinajstić information content (AvgIpc) is 2.24. The maximum atomic E-state index is 11.7. The summed E-state index contributed by atoms with van der Waals surface area (Å²) in [7, 11) is -4.03. The molecule has 1 aromatic rings. The van der Waals surface area contributed by atoms with Crippen molar-refractivity contribution < 1.29 is 17.9 Å². The minimum Gasteiger partial charge on any atom is -0.462 e. The number of carbonyl (C=O) groups is 1. The van der Waals surface area contributed by atoms with Crippen LogP contribution in [-0.2, 0) is 14.8 Å². The Balaban J connectivity index is 3.31. The summed E-state index contributed by atoms with van der Waals surface area (Å²) >= 11 is 11.6. The lowest BCUT2D eigenvalue weighted by Crippen LogP contribution is -2.15. The lowest BCUT2D eigenvalue weighted by Gasteiger charge is -2.09. The van der Waals surface area contributed by atoms with Crippen molar-refractivity contribution in [2.24, 2.45) is 5.14 Å². The van der Waals surface area contributed by atoms with Gasteiger partial charge in [-0.1, -0.05) is 30.1 Å². The third kappa shape index (κ3) is 3.35. The van der Waals surface area contributed by atoms with Crippen LogP contribution in [0.15, 0.2) is 17.0 Å². The van der Waals surface area contributed by atoms with Gasteiger partial charge >= 0.3 is 5.97 Å². The Kier molecular flexibility index (Phi) is 4.98. The molecular formula is C10H11Cl2NO4S. The summed E-state index contributed by atoms with van der Waals surface area (Å²) in [5, 5.41) is 4.65. The molecule has 0 aromatic heterocycles. The highest BCUT2D eigenvalue weighted by atomic mass is 35.5. The molecule has 0 radical (unpaired) electrons. The van der Waals surface area contributed by atoms with E-state index in [1.165, 1.54) is 6.07 Å². The Hall–Kier alpha value is -0.820. The number of rotatable bonds is 4. The van der Waals surface area contributed by atoms with E-state index in [-0.39, 0.29) is 27.1 Å². The number of hydrogen-bond donors (Lipinski definition) is 1. The van der Waals surface area contributed by atoms with Crippen molar-refractivity contribution in [2.45, 2.75) is 18.2 Å². The Labute approximate surface area is 115 Å². The number of ether oxygens (including phenoxy) is 1. The van der Waals surface area contributed by atoms with Gasteiger partial charge in [-0.2, -0.15) is 0 Å². The first-order chi connectivity index (χ1) is 8.29. The number of hydrogen-bond acceptors (Lipinski definition) is 4. The molecular weight excluding hydrogens is 301 g/mol. The fourth-order valence-corrected chi connectivity index (χ4v) is 2.66. The van der Waals surface area contributed by atoms with E-state index < -0.39 is 16.0 Å². The van der Waals surface area contributed by atoms with E-state index in [0.717, 1.165) is 6.07 Å². The summed E-state index contributed by atoms with van der Waals surface area (Å²) in [6, 6.07) is 2.37. The van der Waals surface area contributed by atoms with Crippen molar-refractivity contribution in [3.63, 3.8) is 0 Å². The van der Waals surface area contributed by atoms with Gasteiger partial charge in [-0.25, -0.2) is 18.4 Å². The highest BCUT2D eigenvalue weighted by Crippen LogP contribution is 2.31. The van der Waals surface area contributed by atoms with Crippen LogP contribution in [0.3, 0.4) is 0 Å². The van der Waals surface area contributed by atoms with Crippen molar-refractivity contribution in [2.75, 3.05) is 6.61 Å². The molecule has 0 aliphatic heterocycles. The van der Waals surface area contributed by atoms with E-state index in [9.17, 15) is 13.2 Å². The smallest absolute Gasteiger partial charge is 0.341 e. The minimum absolute atomic E-state index is 0.00787. The van der Waals surface area contributed by atoms with Crippen LogP contribution in [-0.4, -0.2) is 21.0 Å². The summed E-state index contributed by atoms with van der Waals surface area (Å²) in [4.78, 5) is 11.3. The monoisotopic (exact) mass is 311 g/mol. The van der Waals surface area contributed by atoms with Crippen LogP contribution >= 0.6 is 23.2 Å². The van der Waals surface area contributed by atoms with Gasteiger partial charge in [0.1, 0.15) is 4.90 Å². The molecule has 0 spiro atoms. The van der Waals surface area contributed by atoms with Crippen LogP contribution < -0.4 is 5.14 Å². The second kappa shape index (κ2) is 5.88. The zero-order valence-electron chi connectivity index (χ0n) is 9.44. The Bertz CT molecular complexity index is 571. The van der Waals surface area contributed by atoms with Crippen molar-refractivity contribution >= 4 is 39.2 Å². The molecule has 0 aliphatic rings. The minimum atomic E-state index is -4.03. The molecule has 0 heterocycles. The Morgan fingerprint density at radius 1 is 1.39 bits per heavy atom. The molecule has 100 valence electrons. The molecule has 1 aromatic carbocycles. The summed E-state index contributed by atoms with van der Waals surface area (Å²) < 4.78 is 27.4. The summed E-state index contributed by atoms with van der Waals surface area (Å²) in [6.45, 7) is 2.00. The first-order valence-electron chi connectivity index (χ1n) is 4.97. The van der Waals surface area contributed by atoms with E-state index in [0.29, 0.717) is 6.42 Å². The molecule has 0 saturated heterocycles. The number of carbonyl (C=O) groups excluding carboxylic acids is 1. The van der Waals surface area contributed by atoms with E-state index in [1.54, 1.807) is 0 Å². The van der Waals surface area contributed by atoms with Crippen molar-refractivity contribution in [1.29, 1.82) is 0 Å². The van der Waals surface area contributed by atoms with Gasteiger partial charge in [-0.15, -0.1) is 0 Å². The number of halogens is 2. The number of primary sulfonamides is 1. The van der Waals surface area contributed by atoms with Crippen LogP contribution in [0.2, 0.25) is 10.0 Å². The Morgan fingerprint density at radius 2 is 2.00 bits per heavy atom. The van der Waals surface area contributed by atoms with Gasteiger partial charge in [0, 0.05) is 0 Å². The first kappa shape index (κ1) is 15.2. The third-order valence-electron chi connectivity index (χ3n) is 2.00. The predicted molar refractivity (Wildman–Crippen MR) is 68.4 cm³/mol. The molecule has 0 saturated carbocycles.